The van der Waals surface area contributed by atoms with Crippen LogP contribution in [0, 0.1) is 0 Å². The number of rotatable bonds is 18. The zero-order valence-corrected chi connectivity index (χ0v) is 19.0. The Bertz CT molecular complexity index is 449. The van der Waals surface area contributed by atoms with E-state index in [0.29, 0.717) is 12.8 Å². The van der Waals surface area contributed by atoms with Crippen LogP contribution in [0.4, 0.5) is 0 Å². The Morgan fingerprint density at radius 2 is 1.07 bits per heavy atom. The van der Waals surface area contributed by atoms with Crippen LogP contribution >= 0.6 is 0 Å². The van der Waals surface area contributed by atoms with Crippen molar-refractivity contribution in [1.29, 1.82) is 0 Å². The van der Waals surface area contributed by atoms with Gasteiger partial charge in [0.1, 0.15) is 12.2 Å². The molecule has 6 heteroatoms. The molecule has 0 spiro atoms. The normalized spacial score (nSPS) is 12.8. The van der Waals surface area contributed by atoms with Crippen molar-refractivity contribution in [3.63, 3.8) is 0 Å². The predicted molar refractivity (Wildman–Crippen MR) is 113 cm³/mol. The lowest BCUT2D eigenvalue weighted by Gasteiger charge is -2.26. The van der Waals surface area contributed by atoms with Crippen molar-refractivity contribution in [3.8, 4) is 0 Å². The summed E-state index contributed by atoms with van der Waals surface area (Å²) in [5, 5.41) is 0. The molecule has 0 fully saturated rings. The first-order chi connectivity index (χ1) is 13.9. The van der Waals surface area contributed by atoms with Gasteiger partial charge in [0, 0.05) is 20.3 Å². The number of methoxy groups -OCH3 is 1. The maximum atomic E-state index is 11.6. The van der Waals surface area contributed by atoms with E-state index in [1.165, 1.54) is 46.6 Å². The lowest BCUT2D eigenvalue weighted by molar-refractivity contribution is -0.166. The second-order valence-corrected chi connectivity index (χ2v) is 7.73. The molecule has 0 heterocycles. The minimum atomic E-state index is -0.387. The average molecular weight is 415 g/mol. The van der Waals surface area contributed by atoms with Gasteiger partial charge in [-0.25, -0.2) is 0 Å². The third-order valence-corrected chi connectivity index (χ3v) is 4.99. The lowest BCUT2D eigenvalue weighted by atomic mass is 9.99. The Morgan fingerprint density at radius 1 is 0.655 bits per heavy atom. The smallest absolute Gasteiger partial charge is 0.305 e. The Morgan fingerprint density at radius 3 is 1.48 bits per heavy atom. The van der Waals surface area contributed by atoms with E-state index in [2.05, 4.69) is 11.7 Å². The van der Waals surface area contributed by atoms with E-state index < -0.39 is 0 Å². The second-order valence-electron chi connectivity index (χ2n) is 7.73. The van der Waals surface area contributed by atoms with E-state index in [1.54, 1.807) is 0 Å². The zero-order chi connectivity index (χ0) is 21.9. The van der Waals surface area contributed by atoms with Gasteiger partial charge in [0.05, 0.1) is 7.11 Å². The summed E-state index contributed by atoms with van der Waals surface area (Å²) in [6.45, 7) is 5.00. The monoisotopic (exact) mass is 414 g/mol. The van der Waals surface area contributed by atoms with Crippen LogP contribution < -0.4 is 0 Å². The Hall–Kier alpha value is -1.59. The van der Waals surface area contributed by atoms with Crippen LogP contribution in [0.2, 0.25) is 0 Å². The van der Waals surface area contributed by atoms with E-state index in [1.807, 2.05) is 0 Å². The third-order valence-electron chi connectivity index (χ3n) is 4.99. The molecule has 0 aromatic heterocycles. The van der Waals surface area contributed by atoms with E-state index in [4.69, 9.17) is 9.47 Å². The average Bonchev–Trinajstić information content (AvgIpc) is 2.67. The second kappa shape index (κ2) is 18.4. The lowest BCUT2D eigenvalue weighted by Crippen LogP contribution is -2.34. The summed E-state index contributed by atoms with van der Waals surface area (Å²) >= 11 is 0. The summed E-state index contributed by atoms with van der Waals surface area (Å²) in [4.78, 5) is 34.2. The highest BCUT2D eigenvalue weighted by atomic mass is 16.6. The summed E-state index contributed by atoms with van der Waals surface area (Å²) in [6, 6.07) is 0. The fourth-order valence-corrected chi connectivity index (χ4v) is 3.44. The van der Waals surface area contributed by atoms with Crippen molar-refractivity contribution >= 4 is 17.9 Å². The minimum absolute atomic E-state index is 0.168. The van der Waals surface area contributed by atoms with Crippen LogP contribution in [-0.2, 0) is 28.6 Å². The van der Waals surface area contributed by atoms with E-state index in [9.17, 15) is 14.4 Å². The highest BCUT2D eigenvalue weighted by molar-refractivity contribution is 5.69. The standard InChI is InChI=1S/C23H42O6/c1-5-6-7-8-10-13-16-21(28-19(2)24)22(29-20(3)25)17-14-11-9-12-15-18-23(26)27-4/h21-22H,5-18H2,1-4H3. The molecule has 2 atom stereocenters. The van der Waals surface area contributed by atoms with Crippen molar-refractivity contribution in [2.24, 2.45) is 0 Å². The summed E-state index contributed by atoms with van der Waals surface area (Å²) in [6.07, 6.45) is 12.8. The third kappa shape index (κ3) is 17.0. The van der Waals surface area contributed by atoms with Gasteiger partial charge < -0.3 is 14.2 Å². The largest absolute Gasteiger partial charge is 0.469 e. The Labute approximate surface area is 177 Å². The first kappa shape index (κ1) is 27.4. The van der Waals surface area contributed by atoms with Gasteiger partial charge in [-0.15, -0.1) is 0 Å². The predicted octanol–water partition coefficient (Wildman–Crippen LogP) is 5.50. The van der Waals surface area contributed by atoms with E-state index in [0.717, 1.165) is 51.4 Å². The first-order valence-electron chi connectivity index (χ1n) is 11.3. The molecule has 0 rings (SSSR count). The molecule has 0 aromatic rings. The molecule has 0 saturated heterocycles. The molecule has 0 aliphatic carbocycles. The van der Waals surface area contributed by atoms with Crippen molar-refractivity contribution in [2.45, 2.75) is 123 Å². The summed E-state index contributed by atoms with van der Waals surface area (Å²) in [7, 11) is 1.40. The summed E-state index contributed by atoms with van der Waals surface area (Å²) < 4.78 is 15.6. The molecule has 2 unspecified atom stereocenters. The van der Waals surface area contributed by atoms with Gasteiger partial charge in [0.15, 0.2) is 0 Å². The molecule has 6 nitrogen and oxygen atoms in total. The van der Waals surface area contributed by atoms with Gasteiger partial charge in [-0.2, -0.15) is 0 Å². The number of esters is 3. The topological polar surface area (TPSA) is 78.9 Å². The highest BCUT2D eigenvalue weighted by Gasteiger charge is 2.26. The maximum Gasteiger partial charge on any atom is 0.305 e. The molecule has 0 aliphatic rings. The molecule has 0 amide bonds. The zero-order valence-electron chi connectivity index (χ0n) is 19.0. The fourth-order valence-electron chi connectivity index (χ4n) is 3.44. The number of carbonyl (C=O) groups is 3. The highest BCUT2D eigenvalue weighted by Crippen LogP contribution is 2.20. The first-order valence-corrected chi connectivity index (χ1v) is 11.3. The van der Waals surface area contributed by atoms with Crippen molar-refractivity contribution in [1.82, 2.24) is 0 Å². The summed E-state index contributed by atoms with van der Waals surface area (Å²) in [5.41, 5.74) is 0. The van der Waals surface area contributed by atoms with Crippen molar-refractivity contribution in [3.05, 3.63) is 0 Å². The molecular formula is C23H42O6. The van der Waals surface area contributed by atoms with E-state index >= 15 is 0 Å². The van der Waals surface area contributed by atoms with Gasteiger partial charge in [0.2, 0.25) is 0 Å². The van der Waals surface area contributed by atoms with E-state index in [-0.39, 0.29) is 30.1 Å². The van der Waals surface area contributed by atoms with Crippen molar-refractivity contribution in [2.75, 3.05) is 7.11 Å². The number of hydrogen-bond donors (Lipinski definition) is 0. The molecule has 170 valence electrons. The number of unbranched alkanes of at least 4 members (excludes halogenated alkanes) is 9. The molecule has 0 bridgehead atoms. The molecule has 0 N–H and O–H groups in total. The molecule has 0 saturated carbocycles. The maximum absolute atomic E-state index is 11.6. The van der Waals surface area contributed by atoms with Gasteiger partial charge in [-0.1, -0.05) is 58.3 Å². The quantitative estimate of drug-likeness (QED) is 0.167. The molecule has 29 heavy (non-hydrogen) atoms. The van der Waals surface area contributed by atoms with Crippen molar-refractivity contribution < 1.29 is 28.6 Å². The molecule has 0 aromatic carbocycles. The van der Waals surface area contributed by atoms with Gasteiger partial charge >= 0.3 is 17.9 Å². The molecular weight excluding hydrogens is 372 g/mol. The minimum Gasteiger partial charge on any atom is -0.469 e. The van der Waals surface area contributed by atoms with Crippen LogP contribution in [0.15, 0.2) is 0 Å². The van der Waals surface area contributed by atoms with Crippen LogP contribution in [0.3, 0.4) is 0 Å². The number of ether oxygens (including phenoxy) is 3. The number of hydrogen-bond acceptors (Lipinski definition) is 6. The van der Waals surface area contributed by atoms with Crippen LogP contribution in [0.1, 0.15) is 111 Å². The Kier molecular flexibility index (Phi) is 17.4. The molecule has 0 aliphatic heterocycles. The fraction of sp³-hybridized carbons (Fsp3) is 0.870. The van der Waals surface area contributed by atoms with Gasteiger partial charge in [-0.05, 0) is 32.1 Å². The van der Waals surface area contributed by atoms with Crippen LogP contribution in [0.5, 0.6) is 0 Å². The van der Waals surface area contributed by atoms with Gasteiger partial charge in [0.25, 0.3) is 0 Å². The SMILES string of the molecule is CCCCCCCCC(OC(C)=O)C(CCCCCCCC(=O)OC)OC(C)=O. The Balaban J connectivity index is 4.38. The molecule has 0 radical (unpaired) electrons. The number of carbonyl (C=O) groups excluding carboxylic acids is 3. The van der Waals surface area contributed by atoms with Crippen LogP contribution in [0.25, 0.3) is 0 Å². The summed E-state index contributed by atoms with van der Waals surface area (Å²) in [5.74, 6) is -0.840. The van der Waals surface area contributed by atoms with Crippen LogP contribution in [-0.4, -0.2) is 37.2 Å². The van der Waals surface area contributed by atoms with Gasteiger partial charge in [-0.3, -0.25) is 14.4 Å².